The molecule has 0 aliphatic rings. The van der Waals surface area contributed by atoms with Crippen molar-refractivity contribution in [3.63, 3.8) is 0 Å². The van der Waals surface area contributed by atoms with Crippen LogP contribution >= 0.6 is 11.3 Å². The van der Waals surface area contributed by atoms with E-state index in [1.807, 2.05) is 5.38 Å². The Bertz CT molecular complexity index is 516. The molecule has 0 bridgehead atoms. The summed E-state index contributed by atoms with van der Waals surface area (Å²) < 4.78 is 26.6. The highest BCUT2D eigenvalue weighted by molar-refractivity contribution is 7.09. The van der Waals surface area contributed by atoms with Crippen molar-refractivity contribution in [2.24, 2.45) is 0 Å². The van der Waals surface area contributed by atoms with E-state index >= 15 is 0 Å². The molecule has 0 fully saturated rings. The van der Waals surface area contributed by atoms with Gasteiger partial charge in [0.25, 0.3) is 0 Å². The second-order valence-electron chi connectivity index (χ2n) is 3.50. The van der Waals surface area contributed by atoms with Crippen LogP contribution in [0.3, 0.4) is 0 Å². The highest BCUT2D eigenvalue weighted by Gasteiger charge is 2.10. The van der Waals surface area contributed by atoms with Gasteiger partial charge in [0.2, 0.25) is 0 Å². The summed E-state index contributed by atoms with van der Waals surface area (Å²) in [6.45, 7) is 0.492. The van der Waals surface area contributed by atoms with Gasteiger partial charge in [-0.3, -0.25) is 0 Å². The van der Waals surface area contributed by atoms with E-state index in [0.717, 1.165) is 11.1 Å². The molecule has 7 heteroatoms. The number of hydrogen-bond donors (Lipinski definition) is 2. The number of hydrogen-bond acceptors (Lipinski definition) is 5. The summed E-state index contributed by atoms with van der Waals surface area (Å²) in [6.07, 6.45) is 2.39. The van der Waals surface area contributed by atoms with Gasteiger partial charge in [0.1, 0.15) is 0 Å². The highest BCUT2D eigenvalue weighted by Crippen LogP contribution is 2.18. The summed E-state index contributed by atoms with van der Waals surface area (Å²) in [4.78, 5) is 7.93. The average Bonchev–Trinajstić information content (AvgIpc) is 2.85. The van der Waals surface area contributed by atoms with E-state index in [4.69, 9.17) is 0 Å². The third-order valence-electron chi connectivity index (χ3n) is 2.28. The predicted octanol–water partition coefficient (Wildman–Crippen LogP) is 2.51. The first-order chi connectivity index (χ1) is 8.70. The monoisotopic (exact) mass is 270 g/mol. The molecule has 0 atom stereocenters. The highest BCUT2D eigenvalue weighted by atomic mass is 32.1. The van der Waals surface area contributed by atoms with Crippen molar-refractivity contribution in [2.75, 3.05) is 24.2 Å². The fraction of sp³-hybridized carbons (Fsp3) is 0.273. The van der Waals surface area contributed by atoms with Gasteiger partial charge in [-0.05, 0) is 0 Å². The molecule has 2 rings (SSSR count). The van der Waals surface area contributed by atoms with Crippen molar-refractivity contribution < 1.29 is 8.78 Å². The van der Waals surface area contributed by atoms with E-state index in [-0.39, 0.29) is 11.6 Å². The minimum absolute atomic E-state index is 0.0214. The molecule has 2 heterocycles. The van der Waals surface area contributed by atoms with Crippen LogP contribution in [-0.4, -0.2) is 23.6 Å². The first-order valence-electron chi connectivity index (χ1n) is 5.36. The van der Waals surface area contributed by atoms with Gasteiger partial charge >= 0.3 is 0 Å². The van der Waals surface area contributed by atoms with Crippen LogP contribution in [0.5, 0.6) is 0 Å². The zero-order chi connectivity index (χ0) is 13.0. The molecule has 0 unspecified atom stereocenters. The van der Waals surface area contributed by atoms with Gasteiger partial charge in [0, 0.05) is 37.7 Å². The van der Waals surface area contributed by atoms with Gasteiger partial charge in [-0.2, -0.15) is 0 Å². The van der Waals surface area contributed by atoms with Gasteiger partial charge in [0.15, 0.2) is 23.3 Å². The fourth-order valence-corrected chi connectivity index (χ4v) is 2.05. The lowest BCUT2D eigenvalue weighted by molar-refractivity contribution is 0.578. The molecular weight excluding hydrogens is 258 g/mol. The van der Waals surface area contributed by atoms with Gasteiger partial charge < -0.3 is 10.6 Å². The van der Waals surface area contributed by atoms with Gasteiger partial charge in [-0.15, -0.1) is 11.3 Å². The molecule has 2 aromatic rings. The maximum absolute atomic E-state index is 13.4. The lowest BCUT2D eigenvalue weighted by Gasteiger charge is -2.08. The SMILES string of the molecule is CNc1nc(NCCc2nccs2)c(F)cc1F. The van der Waals surface area contributed by atoms with Crippen LogP contribution in [0, 0.1) is 11.6 Å². The molecule has 18 heavy (non-hydrogen) atoms. The van der Waals surface area contributed by atoms with Gasteiger partial charge in [-0.25, -0.2) is 18.7 Å². The quantitative estimate of drug-likeness (QED) is 0.876. The topological polar surface area (TPSA) is 49.8 Å². The van der Waals surface area contributed by atoms with Crippen molar-refractivity contribution >= 4 is 23.0 Å². The van der Waals surface area contributed by atoms with Crippen LogP contribution in [0.4, 0.5) is 20.4 Å². The van der Waals surface area contributed by atoms with Crippen molar-refractivity contribution in [2.45, 2.75) is 6.42 Å². The molecule has 96 valence electrons. The van der Waals surface area contributed by atoms with Crippen molar-refractivity contribution in [3.05, 3.63) is 34.3 Å². The number of pyridine rings is 1. The van der Waals surface area contributed by atoms with Crippen molar-refractivity contribution in [3.8, 4) is 0 Å². The Labute approximate surface area is 107 Å². The summed E-state index contributed by atoms with van der Waals surface area (Å²) in [5, 5.41) is 8.23. The smallest absolute Gasteiger partial charge is 0.168 e. The second-order valence-corrected chi connectivity index (χ2v) is 4.48. The number of nitrogens with zero attached hydrogens (tertiary/aromatic N) is 2. The van der Waals surface area contributed by atoms with Gasteiger partial charge in [0.05, 0.1) is 5.01 Å². The lowest BCUT2D eigenvalue weighted by Crippen LogP contribution is -2.10. The van der Waals surface area contributed by atoms with Crippen LogP contribution in [0.25, 0.3) is 0 Å². The van der Waals surface area contributed by atoms with Crippen LogP contribution in [0.1, 0.15) is 5.01 Å². The Morgan fingerprint density at radius 1 is 1.28 bits per heavy atom. The number of thiazole rings is 1. The summed E-state index contributed by atoms with van der Waals surface area (Å²) in [7, 11) is 1.53. The first kappa shape index (κ1) is 12.7. The third-order valence-corrected chi connectivity index (χ3v) is 3.12. The van der Waals surface area contributed by atoms with E-state index in [9.17, 15) is 8.78 Å². The number of anilines is 2. The molecular formula is C11H12F2N4S. The second kappa shape index (κ2) is 5.72. The minimum Gasteiger partial charge on any atom is -0.371 e. The van der Waals surface area contributed by atoms with Crippen LogP contribution < -0.4 is 10.6 Å². The maximum Gasteiger partial charge on any atom is 0.168 e. The minimum atomic E-state index is -0.708. The van der Waals surface area contributed by atoms with E-state index in [1.54, 1.807) is 6.20 Å². The molecule has 0 saturated heterocycles. The Morgan fingerprint density at radius 2 is 2.06 bits per heavy atom. The standard InChI is InChI=1S/C11H12F2N4S/c1-14-10-7(12)6-8(13)11(17-10)16-3-2-9-15-4-5-18-9/h4-6H,2-3H2,1H3,(H2,14,16,17). The Hall–Kier alpha value is -1.76. The molecule has 0 amide bonds. The van der Waals surface area contributed by atoms with E-state index in [1.165, 1.54) is 18.4 Å². The molecule has 2 N–H and O–H groups in total. The zero-order valence-electron chi connectivity index (χ0n) is 9.70. The third kappa shape index (κ3) is 2.92. The van der Waals surface area contributed by atoms with Crippen LogP contribution in [0.2, 0.25) is 0 Å². The molecule has 0 aromatic carbocycles. The van der Waals surface area contributed by atoms with E-state index in [0.29, 0.717) is 13.0 Å². The summed E-state index contributed by atoms with van der Waals surface area (Å²) in [5.41, 5.74) is 0. The van der Waals surface area contributed by atoms with Crippen LogP contribution in [-0.2, 0) is 6.42 Å². The molecule has 2 aromatic heterocycles. The zero-order valence-corrected chi connectivity index (χ0v) is 10.5. The van der Waals surface area contributed by atoms with E-state index in [2.05, 4.69) is 20.6 Å². The Morgan fingerprint density at radius 3 is 2.72 bits per heavy atom. The Balaban J connectivity index is 2.00. The summed E-state index contributed by atoms with van der Waals surface area (Å²) in [6, 6.07) is 0.810. The molecule has 0 aliphatic carbocycles. The van der Waals surface area contributed by atoms with Crippen LogP contribution in [0.15, 0.2) is 17.6 Å². The molecule has 0 aliphatic heterocycles. The average molecular weight is 270 g/mol. The number of rotatable bonds is 5. The molecule has 0 saturated carbocycles. The molecule has 0 spiro atoms. The van der Waals surface area contributed by atoms with Crippen molar-refractivity contribution in [1.29, 1.82) is 0 Å². The Kier molecular flexibility index (Phi) is 4.03. The predicted molar refractivity (Wildman–Crippen MR) is 68.0 cm³/mol. The number of halogens is 2. The summed E-state index contributed by atoms with van der Waals surface area (Å²) >= 11 is 1.53. The fourth-order valence-electron chi connectivity index (χ4n) is 1.43. The van der Waals surface area contributed by atoms with E-state index < -0.39 is 11.6 Å². The largest absolute Gasteiger partial charge is 0.371 e. The van der Waals surface area contributed by atoms with Gasteiger partial charge in [-0.1, -0.05) is 0 Å². The molecule has 4 nitrogen and oxygen atoms in total. The lowest BCUT2D eigenvalue weighted by atomic mass is 10.3. The number of nitrogens with one attached hydrogen (secondary N) is 2. The molecule has 0 radical (unpaired) electrons. The summed E-state index contributed by atoms with van der Waals surface area (Å²) in [5.74, 6) is -1.35. The number of aromatic nitrogens is 2. The first-order valence-corrected chi connectivity index (χ1v) is 6.24. The maximum atomic E-state index is 13.4. The normalized spacial score (nSPS) is 10.4. The van der Waals surface area contributed by atoms with Crippen molar-refractivity contribution in [1.82, 2.24) is 9.97 Å².